The second-order valence-electron chi connectivity index (χ2n) is 5.78. The summed E-state index contributed by atoms with van der Waals surface area (Å²) in [7, 11) is 0. The van der Waals surface area contributed by atoms with Gasteiger partial charge in [-0.15, -0.1) is 0 Å². The highest BCUT2D eigenvalue weighted by Crippen LogP contribution is 2.40. The third-order valence-corrected chi connectivity index (χ3v) is 4.22. The van der Waals surface area contributed by atoms with Crippen LogP contribution in [0.4, 0.5) is 5.82 Å². The fourth-order valence-electron chi connectivity index (χ4n) is 2.86. The first-order chi connectivity index (χ1) is 9.24. The lowest BCUT2D eigenvalue weighted by atomic mass is 10.1. The number of hydrogen-bond acceptors (Lipinski definition) is 3. The molecule has 5 nitrogen and oxygen atoms in total. The summed E-state index contributed by atoms with van der Waals surface area (Å²) in [5.41, 5.74) is 0. The lowest BCUT2D eigenvalue weighted by molar-refractivity contribution is -0.116. The van der Waals surface area contributed by atoms with E-state index in [1.54, 1.807) is 6.20 Å². The van der Waals surface area contributed by atoms with E-state index in [0.717, 1.165) is 24.7 Å². The molecule has 104 valence electrons. The van der Waals surface area contributed by atoms with Crippen LogP contribution < -0.4 is 10.6 Å². The van der Waals surface area contributed by atoms with Gasteiger partial charge in [0, 0.05) is 18.5 Å². The first-order valence-electron chi connectivity index (χ1n) is 7.31. The van der Waals surface area contributed by atoms with E-state index in [1.807, 2.05) is 10.7 Å². The van der Waals surface area contributed by atoms with Gasteiger partial charge in [0.2, 0.25) is 5.91 Å². The molecule has 1 aromatic heterocycles. The molecule has 0 bridgehead atoms. The number of amides is 1. The number of carbonyl (C=O) groups is 1. The summed E-state index contributed by atoms with van der Waals surface area (Å²) in [6.07, 6.45) is 7.16. The van der Waals surface area contributed by atoms with Gasteiger partial charge in [-0.2, -0.15) is 5.10 Å². The van der Waals surface area contributed by atoms with Crippen molar-refractivity contribution in [3.63, 3.8) is 0 Å². The van der Waals surface area contributed by atoms with Crippen LogP contribution in [0.5, 0.6) is 0 Å². The lowest BCUT2D eigenvalue weighted by Gasteiger charge is -2.16. The average molecular weight is 262 g/mol. The zero-order valence-electron chi connectivity index (χ0n) is 11.4. The molecule has 0 aromatic carbocycles. The van der Waals surface area contributed by atoms with Gasteiger partial charge >= 0.3 is 0 Å². The highest BCUT2D eigenvalue weighted by atomic mass is 16.1. The number of rotatable bonds is 5. The largest absolute Gasteiger partial charge is 0.313 e. The minimum absolute atomic E-state index is 0.0872. The molecule has 1 aliphatic heterocycles. The predicted octanol–water partition coefficient (Wildman–Crippen LogP) is 1.93. The van der Waals surface area contributed by atoms with Crippen molar-refractivity contribution in [2.24, 2.45) is 5.92 Å². The maximum atomic E-state index is 12.0. The van der Waals surface area contributed by atoms with E-state index >= 15 is 0 Å². The number of aromatic nitrogens is 2. The quantitative estimate of drug-likeness (QED) is 0.852. The van der Waals surface area contributed by atoms with Crippen LogP contribution in [0.3, 0.4) is 0 Å². The Morgan fingerprint density at radius 1 is 1.58 bits per heavy atom. The fourth-order valence-corrected chi connectivity index (χ4v) is 2.86. The van der Waals surface area contributed by atoms with Crippen LogP contribution in [-0.4, -0.2) is 28.3 Å². The van der Waals surface area contributed by atoms with Gasteiger partial charge in [0.25, 0.3) is 0 Å². The molecular formula is C14H22N4O. The number of anilines is 1. The average Bonchev–Trinajstić information content (AvgIpc) is 2.93. The minimum Gasteiger partial charge on any atom is -0.313 e. The van der Waals surface area contributed by atoms with E-state index in [4.69, 9.17) is 0 Å². The van der Waals surface area contributed by atoms with E-state index in [2.05, 4.69) is 22.7 Å². The van der Waals surface area contributed by atoms with Crippen molar-refractivity contribution in [2.75, 3.05) is 11.9 Å². The van der Waals surface area contributed by atoms with Gasteiger partial charge in [-0.05, 0) is 45.1 Å². The van der Waals surface area contributed by atoms with Crippen molar-refractivity contribution in [3.8, 4) is 0 Å². The van der Waals surface area contributed by atoms with Crippen LogP contribution in [0, 0.1) is 5.92 Å². The topological polar surface area (TPSA) is 59.0 Å². The zero-order chi connectivity index (χ0) is 13.2. The Hall–Kier alpha value is -1.36. The van der Waals surface area contributed by atoms with Crippen LogP contribution in [-0.2, 0) is 4.79 Å². The number of hydrogen-bond donors (Lipinski definition) is 2. The van der Waals surface area contributed by atoms with E-state index in [-0.39, 0.29) is 5.91 Å². The Bertz CT molecular complexity index is 446. The Morgan fingerprint density at radius 2 is 2.42 bits per heavy atom. The number of carbonyl (C=O) groups excluding carboxylic acids is 1. The SMILES string of the molecule is CC(C1CC1)n1nccc1NC(=O)CC1CCCN1. The van der Waals surface area contributed by atoms with Gasteiger partial charge in [0.15, 0.2) is 0 Å². The predicted molar refractivity (Wildman–Crippen MR) is 73.9 cm³/mol. The van der Waals surface area contributed by atoms with Crippen LogP contribution >= 0.6 is 0 Å². The van der Waals surface area contributed by atoms with E-state index in [1.165, 1.54) is 19.3 Å². The van der Waals surface area contributed by atoms with Crippen LogP contribution in [0.2, 0.25) is 0 Å². The molecule has 2 N–H and O–H groups in total. The van der Waals surface area contributed by atoms with Gasteiger partial charge in [-0.25, -0.2) is 4.68 Å². The number of nitrogens with one attached hydrogen (secondary N) is 2. The van der Waals surface area contributed by atoms with Gasteiger partial charge < -0.3 is 10.6 Å². The standard InChI is InChI=1S/C14H22N4O/c1-10(11-4-5-11)18-13(6-8-16-18)17-14(19)9-12-3-2-7-15-12/h6,8,10-12,15H,2-5,7,9H2,1H3,(H,17,19). The van der Waals surface area contributed by atoms with E-state index in [0.29, 0.717) is 18.5 Å². The summed E-state index contributed by atoms with van der Waals surface area (Å²) >= 11 is 0. The second kappa shape index (κ2) is 5.33. The summed E-state index contributed by atoms with van der Waals surface area (Å²) in [6.45, 7) is 3.22. The van der Waals surface area contributed by atoms with Crippen molar-refractivity contribution in [3.05, 3.63) is 12.3 Å². The zero-order valence-corrected chi connectivity index (χ0v) is 11.4. The molecule has 2 atom stereocenters. The van der Waals surface area contributed by atoms with Gasteiger partial charge in [0.05, 0.1) is 12.2 Å². The Labute approximate surface area is 113 Å². The smallest absolute Gasteiger partial charge is 0.227 e. The molecule has 19 heavy (non-hydrogen) atoms. The van der Waals surface area contributed by atoms with Crippen LogP contribution in [0.25, 0.3) is 0 Å². The first kappa shape index (κ1) is 12.7. The summed E-state index contributed by atoms with van der Waals surface area (Å²) < 4.78 is 1.96. The highest BCUT2D eigenvalue weighted by molar-refractivity contribution is 5.90. The molecule has 2 unspecified atom stereocenters. The molecule has 2 fully saturated rings. The van der Waals surface area contributed by atoms with Gasteiger partial charge in [0.1, 0.15) is 5.82 Å². The third kappa shape index (κ3) is 2.97. The van der Waals surface area contributed by atoms with Crippen molar-refractivity contribution in [1.82, 2.24) is 15.1 Å². The normalized spacial score (nSPS) is 24.4. The summed E-state index contributed by atoms with van der Waals surface area (Å²) in [5.74, 6) is 1.65. The molecule has 2 heterocycles. The first-order valence-corrected chi connectivity index (χ1v) is 7.31. The maximum absolute atomic E-state index is 12.0. The summed E-state index contributed by atoms with van der Waals surface area (Å²) in [4.78, 5) is 12.0. The monoisotopic (exact) mass is 262 g/mol. The molecule has 2 aliphatic rings. The summed E-state index contributed by atoms with van der Waals surface area (Å²) in [5, 5.41) is 10.7. The Morgan fingerprint density at radius 3 is 3.11 bits per heavy atom. The van der Waals surface area contributed by atoms with E-state index in [9.17, 15) is 4.79 Å². The fraction of sp³-hybridized carbons (Fsp3) is 0.714. The summed E-state index contributed by atoms with van der Waals surface area (Å²) in [6, 6.07) is 2.62. The second-order valence-corrected chi connectivity index (χ2v) is 5.78. The minimum atomic E-state index is 0.0872. The molecule has 1 saturated heterocycles. The molecule has 1 aliphatic carbocycles. The highest BCUT2D eigenvalue weighted by Gasteiger charge is 2.30. The third-order valence-electron chi connectivity index (χ3n) is 4.22. The molecule has 1 aromatic rings. The van der Waals surface area contributed by atoms with Crippen LogP contribution in [0.15, 0.2) is 12.3 Å². The number of nitrogens with zero attached hydrogens (tertiary/aromatic N) is 2. The Balaban J connectivity index is 1.59. The molecule has 0 spiro atoms. The van der Waals surface area contributed by atoms with Crippen molar-refractivity contribution in [2.45, 2.75) is 51.1 Å². The van der Waals surface area contributed by atoms with Crippen molar-refractivity contribution in [1.29, 1.82) is 0 Å². The van der Waals surface area contributed by atoms with Gasteiger partial charge in [-0.1, -0.05) is 0 Å². The van der Waals surface area contributed by atoms with E-state index < -0.39 is 0 Å². The maximum Gasteiger partial charge on any atom is 0.227 e. The lowest BCUT2D eigenvalue weighted by Crippen LogP contribution is -2.28. The molecule has 5 heteroatoms. The molecule has 3 rings (SSSR count). The van der Waals surface area contributed by atoms with Crippen LogP contribution in [0.1, 0.15) is 45.1 Å². The Kier molecular flexibility index (Phi) is 3.55. The molecule has 1 saturated carbocycles. The van der Waals surface area contributed by atoms with Gasteiger partial charge in [-0.3, -0.25) is 4.79 Å². The van der Waals surface area contributed by atoms with Crippen molar-refractivity contribution < 1.29 is 4.79 Å². The molecule has 1 amide bonds. The molecular weight excluding hydrogens is 240 g/mol. The molecule has 0 radical (unpaired) electrons. The van der Waals surface area contributed by atoms with Crippen molar-refractivity contribution >= 4 is 11.7 Å².